The molecule has 2 N–H and O–H groups in total. The van der Waals surface area contributed by atoms with Gasteiger partial charge >= 0.3 is 0 Å². The number of nitrogens with one attached hydrogen (secondary N) is 1. The van der Waals surface area contributed by atoms with E-state index in [1.165, 1.54) is 0 Å². The van der Waals surface area contributed by atoms with E-state index in [4.69, 9.17) is 4.74 Å². The van der Waals surface area contributed by atoms with Gasteiger partial charge in [-0.3, -0.25) is 4.79 Å². The minimum atomic E-state index is -0.125. The van der Waals surface area contributed by atoms with Crippen LogP contribution in [-0.2, 0) is 17.8 Å². The number of hydrogen-bond acceptors (Lipinski definition) is 7. The van der Waals surface area contributed by atoms with E-state index in [2.05, 4.69) is 20.6 Å². The van der Waals surface area contributed by atoms with Crippen molar-refractivity contribution in [3.05, 3.63) is 113 Å². The molecule has 0 atom stereocenters. The summed E-state index contributed by atoms with van der Waals surface area (Å²) in [5.41, 5.74) is 4.46. The number of tetrazole rings is 1. The lowest BCUT2D eigenvalue weighted by Crippen LogP contribution is -2.03. The van der Waals surface area contributed by atoms with Crippen molar-refractivity contribution >= 4 is 12.1 Å². The number of aldehydes is 1. The van der Waals surface area contributed by atoms with Gasteiger partial charge in [-0.1, -0.05) is 78.9 Å². The summed E-state index contributed by atoms with van der Waals surface area (Å²) < 4.78 is 6.08. The second-order valence-corrected chi connectivity index (χ2v) is 8.31. The number of ether oxygens (including phenoxy) is 1. The average Bonchev–Trinajstić information content (AvgIpc) is 3.49. The van der Waals surface area contributed by atoms with Crippen LogP contribution in [0.3, 0.4) is 0 Å². The molecule has 0 radical (unpaired) electrons. The normalized spacial score (nSPS) is 10.7. The van der Waals surface area contributed by atoms with Crippen molar-refractivity contribution in [2.45, 2.75) is 13.0 Å². The molecule has 0 aliphatic carbocycles. The molecule has 0 aliphatic rings. The van der Waals surface area contributed by atoms with Gasteiger partial charge in [0.05, 0.1) is 5.56 Å². The Kier molecular flexibility index (Phi) is 6.80. The van der Waals surface area contributed by atoms with Crippen LogP contribution in [-0.4, -0.2) is 37.8 Å². The molecule has 0 saturated carbocycles. The molecule has 0 aliphatic heterocycles. The predicted octanol–water partition coefficient (Wildman–Crippen LogP) is 4.79. The summed E-state index contributed by atoms with van der Waals surface area (Å²) in [6.45, 7) is 0.230. The molecule has 0 bridgehead atoms. The summed E-state index contributed by atoms with van der Waals surface area (Å²) in [6, 6.07) is 27.1. The molecular weight excluding hydrogens is 468 g/mol. The van der Waals surface area contributed by atoms with Crippen LogP contribution < -0.4 is 4.74 Å². The van der Waals surface area contributed by atoms with Crippen molar-refractivity contribution in [2.24, 2.45) is 0 Å². The zero-order valence-corrected chi connectivity index (χ0v) is 19.7. The first-order valence-corrected chi connectivity index (χ1v) is 11.6. The van der Waals surface area contributed by atoms with Gasteiger partial charge in [-0.15, -0.1) is 10.2 Å². The highest BCUT2D eigenvalue weighted by Crippen LogP contribution is 2.40. The van der Waals surface area contributed by atoms with Crippen LogP contribution in [0.5, 0.6) is 11.5 Å². The van der Waals surface area contributed by atoms with E-state index in [-0.39, 0.29) is 24.6 Å². The second-order valence-electron chi connectivity index (χ2n) is 8.31. The van der Waals surface area contributed by atoms with E-state index in [1.807, 2.05) is 48.5 Å². The van der Waals surface area contributed by atoms with Crippen LogP contribution in [0.4, 0.5) is 0 Å². The molecule has 8 nitrogen and oxygen atoms in total. The molecule has 8 heteroatoms. The fraction of sp³-hybridized carbons (Fsp3) is 0.0690. The molecule has 5 aromatic rings. The smallest absolute Gasteiger partial charge is 0.204 e. The van der Waals surface area contributed by atoms with E-state index in [1.54, 1.807) is 42.5 Å². The lowest BCUT2D eigenvalue weighted by atomic mass is 9.99. The summed E-state index contributed by atoms with van der Waals surface area (Å²) in [4.78, 5) is 24.1. The Balaban J connectivity index is 1.34. The highest BCUT2D eigenvalue weighted by Gasteiger charge is 2.16. The number of aromatic hydroxyl groups is 1. The number of aromatic nitrogens is 4. The van der Waals surface area contributed by atoms with Crippen LogP contribution >= 0.6 is 0 Å². The van der Waals surface area contributed by atoms with Crippen LogP contribution in [0.15, 0.2) is 91.0 Å². The van der Waals surface area contributed by atoms with E-state index in [0.717, 1.165) is 17.4 Å². The molecule has 1 heterocycles. The number of phenolic OH excluding ortho intramolecular Hbond substituents is 1. The number of aromatic amines is 1. The van der Waals surface area contributed by atoms with Gasteiger partial charge in [0.2, 0.25) is 5.82 Å². The first kappa shape index (κ1) is 23.6. The first-order chi connectivity index (χ1) is 18.1. The Bertz CT molecular complexity index is 1530. The SMILES string of the molecule is O=CCc1ccc(OCc2ccc(C(=O)c3cccc(-c4nn[nH]n4)c3)cc2)c(-c2ccccc2)c1O. The van der Waals surface area contributed by atoms with Gasteiger partial charge < -0.3 is 14.6 Å². The molecule has 0 unspecified atom stereocenters. The third kappa shape index (κ3) is 5.13. The van der Waals surface area contributed by atoms with E-state index < -0.39 is 0 Å². The third-order valence-electron chi connectivity index (χ3n) is 5.93. The quantitative estimate of drug-likeness (QED) is 0.225. The number of benzene rings is 4. The monoisotopic (exact) mass is 490 g/mol. The summed E-state index contributed by atoms with van der Waals surface area (Å²) >= 11 is 0. The maximum Gasteiger partial charge on any atom is 0.204 e. The molecule has 37 heavy (non-hydrogen) atoms. The van der Waals surface area contributed by atoms with Crippen molar-refractivity contribution in [1.29, 1.82) is 0 Å². The van der Waals surface area contributed by atoms with Gasteiger partial charge in [0.1, 0.15) is 24.4 Å². The molecule has 0 fully saturated rings. The van der Waals surface area contributed by atoms with Crippen molar-refractivity contribution < 1.29 is 19.4 Å². The van der Waals surface area contributed by atoms with Crippen molar-refractivity contribution in [1.82, 2.24) is 20.6 Å². The Morgan fingerprint density at radius 3 is 2.41 bits per heavy atom. The summed E-state index contributed by atoms with van der Waals surface area (Å²) in [7, 11) is 0. The van der Waals surface area contributed by atoms with Crippen molar-refractivity contribution in [2.75, 3.05) is 0 Å². The van der Waals surface area contributed by atoms with Crippen molar-refractivity contribution in [3.8, 4) is 34.0 Å². The predicted molar refractivity (Wildman–Crippen MR) is 137 cm³/mol. The second kappa shape index (κ2) is 10.7. The molecule has 1 aromatic heterocycles. The molecule has 4 aromatic carbocycles. The zero-order chi connectivity index (χ0) is 25.6. The Labute approximate surface area is 212 Å². The highest BCUT2D eigenvalue weighted by atomic mass is 16.5. The van der Waals surface area contributed by atoms with Crippen LogP contribution in [0.2, 0.25) is 0 Å². The van der Waals surface area contributed by atoms with Crippen molar-refractivity contribution in [3.63, 3.8) is 0 Å². The Morgan fingerprint density at radius 2 is 1.68 bits per heavy atom. The van der Waals surface area contributed by atoms with Gasteiger partial charge in [0.25, 0.3) is 0 Å². The Hall–Kier alpha value is -5.11. The largest absolute Gasteiger partial charge is 0.507 e. The zero-order valence-electron chi connectivity index (χ0n) is 19.7. The number of ketones is 1. The molecule has 5 rings (SSSR count). The number of nitrogens with zero attached hydrogens (tertiary/aromatic N) is 3. The fourth-order valence-electron chi connectivity index (χ4n) is 4.04. The van der Waals surface area contributed by atoms with Crippen LogP contribution in [0.25, 0.3) is 22.5 Å². The fourth-order valence-corrected chi connectivity index (χ4v) is 4.04. The molecular formula is C29H22N4O4. The minimum Gasteiger partial charge on any atom is -0.507 e. The van der Waals surface area contributed by atoms with E-state index in [0.29, 0.717) is 39.4 Å². The number of phenols is 1. The van der Waals surface area contributed by atoms with Gasteiger partial charge in [0.15, 0.2) is 5.78 Å². The summed E-state index contributed by atoms with van der Waals surface area (Å²) in [6.07, 6.45) is 0.869. The number of hydrogen-bond donors (Lipinski definition) is 2. The minimum absolute atomic E-state index is 0.0276. The Morgan fingerprint density at radius 1 is 0.892 bits per heavy atom. The average molecular weight is 491 g/mol. The number of H-pyrrole nitrogens is 1. The highest BCUT2D eigenvalue weighted by molar-refractivity contribution is 6.09. The van der Waals surface area contributed by atoms with E-state index in [9.17, 15) is 14.7 Å². The number of carbonyl (C=O) groups is 2. The van der Waals surface area contributed by atoms with Gasteiger partial charge in [0, 0.05) is 28.7 Å². The topological polar surface area (TPSA) is 118 Å². The molecule has 182 valence electrons. The molecule has 0 spiro atoms. The molecule has 0 amide bonds. The summed E-state index contributed by atoms with van der Waals surface area (Å²) in [5.74, 6) is 0.818. The van der Waals surface area contributed by atoms with Crippen LogP contribution in [0, 0.1) is 0 Å². The number of carbonyl (C=O) groups excluding carboxylic acids is 2. The first-order valence-electron chi connectivity index (χ1n) is 11.6. The molecule has 0 saturated heterocycles. The lowest BCUT2D eigenvalue weighted by molar-refractivity contribution is -0.107. The maximum absolute atomic E-state index is 13.0. The van der Waals surface area contributed by atoms with E-state index >= 15 is 0 Å². The van der Waals surface area contributed by atoms with Crippen LogP contribution in [0.1, 0.15) is 27.0 Å². The van der Waals surface area contributed by atoms with Gasteiger partial charge in [-0.05, 0) is 28.5 Å². The van der Waals surface area contributed by atoms with Gasteiger partial charge in [-0.2, -0.15) is 5.21 Å². The lowest BCUT2D eigenvalue weighted by Gasteiger charge is -2.16. The maximum atomic E-state index is 13.0. The van der Waals surface area contributed by atoms with Gasteiger partial charge in [-0.25, -0.2) is 0 Å². The third-order valence-corrected chi connectivity index (χ3v) is 5.93. The summed E-state index contributed by atoms with van der Waals surface area (Å²) in [5, 5.41) is 24.7. The number of rotatable bonds is 9. The standard InChI is InChI=1S/C29H22N4O4/c34-16-15-22-13-14-25(26(28(22)36)20-5-2-1-3-6-20)37-18-19-9-11-21(12-10-19)27(35)23-7-4-8-24(17-23)29-30-32-33-31-29/h1-14,16-17,36H,15,18H2,(H,30,31,32,33).